The maximum absolute atomic E-state index is 4.71. The van der Waals surface area contributed by atoms with Crippen molar-refractivity contribution in [1.29, 1.82) is 0 Å². The highest BCUT2D eigenvalue weighted by molar-refractivity contribution is 5.44. The van der Waals surface area contributed by atoms with Gasteiger partial charge in [-0.2, -0.15) is 0 Å². The van der Waals surface area contributed by atoms with Gasteiger partial charge in [0.1, 0.15) is 5.65 Å². The number of nitrogens with one attached hydrogen (secondary N) is 1. The Morgan fingerprint density at radius 1 is 1.13 bits per heavy atom. The molecule has 0 aliphatic heterocycles. The number of hydrogen-bond donors (Lipinski definition) is 1. The minimum absolute atomic E-state index is 0.456. The highest BCUT2D eigenvalue weighted by Crippen LogP contribution is 2.34. The fraction of sp³-hybridized carbons (Fsp3) is 0.350. The lowest BCUT2D eigenvalue weighted by Crippen LogP contribution is -2.19. The molecular weight excluding hydrogens is 282 g/mol. The van der Waals surface area contributed by atoms with E-state index in [0.717, 1.165) is 17.9 Å². The van der Waals surface area contributed by atoms with Gasteiger partial charge in [0.25, 0.3) is 0 Å². The number of fused-ring (bicyclic) bond motifs is 2. The topological polar surface area (TPSA) is 29.3 Å². The van der Waals surface area contributed by atoms with Gasteiger partial charge in [0.05, 0.1) is 5.69 Å². The van der Waals surface area contributed by atoms with Gasteiger partial charge in [-0.3, -0.25) is 0 Å². The Morgan fingerprint density at radius 3 is 2.87 bits per heavy atom. The third-order valence-electron chi connectivity index (χ3n) is 4.85. The third-order valence-corrected chi connectivity index (χ3v) is 4.85. The SMILES string of the molecule is Cc1cc(C)c2c(c1)CCC2NCc1cn2cc(C)ccc2n1. The molecule has 3 heteroatoms. The largest absolute Gasteiger partial charge is 0.307 e. The standard InChI is InChI=1S/C20H23N3/c1-13-4-7-19-22-17(12-23(19)11-13)10-21-18-6-5-16-9-14(2)8-15(3)20(16)18/h4,7-9,11-12,18,21H,5-6,10H2,1-3H3. The van der Waals surface area contributed by atoms with E-state index in [1.165, 1.54) is 40.7 Å². The van der Waals surface area contributed by atoms with Crippen molar-refractivity contribution in [2.24, 2.45) is 0 Å². The molecule has 1 atom stereocenters. The van der Waals surface area contributed by atoms with Crippen LogP contribution in [0, 0.1) is 20.8 Å². The summed E-state index contributed by atoms with van der Waals surface area (Å²) in [5.41, 5.74) is 9.20. The molecule has 2 aromatic heterocycles. The molecule has 0 radical (unpaired) electrons. The molecule has 0 fully saturated rings. The zero-order valence-corrected chi connectivity index (χ0v) is 14.1. The Kier molecular flexibility index (Phi) is 3.46. The first-order valence-electron chi connectivity index (χ1n) is 8.38. The number of pyridine rings is 1. The van der Waals surface area contributed by atoms with E-state index in [1.807, 2.05) is 0 Å². The van der Waals surface area contributed by atoms with E-state index in [9.17, 15) is 0 Å². The van der Waals surface area contributed by atoms with E-state index < -0.39 is 0 Å². The summed E-state index contributed by atoms with van der Waals surface area (Å²) < 4.78 is 2.11. The van der Waals surface area contributed by atoms with Crippen molar-refractivity contribution in [1.82, 2.24) is 14.7 Å². The maximum Gasteiger partial charge on any atom is 0.137 e. The summed E-state index contributed by atoms with van der Waals surface area (Å²) in [6.07, 6.45) is 6.63. The maximum atomic E-state index is 4.71. The Morgan fingerprint density at radius 2 is 2.00 bits per heavy atom. The number of aromatic nitrogens is 2. The van der Waals surface area contributed by atoms with Crippen LogP contribution in [-0.4, -0.2) is 9.38 Å². The van der Waals surface area contributed by atoms with Crippen LogP contribution in [0.2, 0.25) is 0 Å². The molecule has 3 nitrogen and oxygen atoms in total. The van der Waals surface area contributed by atoms with Crippen LogP contribution < -0.4 is 5.32 Å². The highest BCUT2D eigenvalue weighted by atomic mass is 15.0. The van der Waals surface area contributed by atoms with Crippen molar-refractivity contribution in [3.63, 3.8) is 0 Å². The number of hydrogen-bond acceptors (Lipinski definition) is 2. The van der Waals surface area contributed by atoms with Crippen LogP contribution >= 0.6 is 0 Å². The van der Waals surface area contributed by atoms with Crippen molar-refractivity contribution in [3.8, 4) is 0 Å². The Hall–Kier alpha value is -2.13. The zero-order valence-electron chi connectivity index (χ0n) is 14.1. The van der Waals surface area contributed by atoms with Crippen LogP contribution in [-0.2, 0) is 13.0 Å². The summed E-state index contributed by atoms with van der Waals surface area (Å²) >= 11 is 0. The smallest absolute Gasteiger partial charge is 0.137 e. The summed E-state index contributed by atoms with van der Waals surface area (Å²) in [4.78, 5) is 4.71. The summed E-state index contributed by atoms with van der Waals surface area (Å²) in [5, 5.41) is 3.71. The van der Waals surface area contributed by atoms with E-state index >= 15 is 0 Å². The van der Waals surface area contributed by atoms with Gasteiger partial charge in [-0.25, -0.2) is 4.98 Å². The summed E-state index contributed by atoms with van der Waals surface area (Å²) in [6.45, 7) is 7.35. The molecule has 0 spiro atoms. The Labute approximate surface area is 137 Å². The first-order valence-corrected chi connectivity index (χ1v) is 8.38. The van der Waals surface area contributed by atoms with Crippen molar-refractivity contribution in [2.75, 3.05) is 0 Å². The Balaban J connectivity index is 1.54. The molecule has 1 aliphatic carbocycles. The second-order valence-electron chi connectivity index (χ2n) is 6.83. The Bertz CT molecular complexity index is 876. The molecule has 1 N–H and O–H groups in total. The first-order chi connectivity index (χ1) is 11.1. The van der Waals surface area contributed by atoms with Crippen LogP contribution in [0.5, 0.6) is 0 Å². The molecular formula is C20H23N3. The van der Waals surface area contributed by atoms with E-state index in [-0.39, 0.29) is 0 Å². The molecule has 0 bridgehead atoms. The quantitative estimate of drug-likeness (QED) is 0.791. The average molecular weight is 305 g/mol. The fourth-order valence-corrected chi connectivity index (χ4v) is 3.89. The summed E-state index contributed by atoms with van der Waals surface area (Å²) in [6, 6.07) is 9.29. The molecule has 2 heterocycles. The number of benzene rings is 1. The predicted octanol–water partition coefficient (Wildman–Crippen LogP) is 4.04. The van der Waals surface area contributed by atoms with E-state index in [0.29, 0.717) is 6.04 Å². The molecule has 1 unspecified atom stereocenters. The number of imidazole rings is 1. The second kappa shape index (κ2) is 5.50. The molecule has 1 aliphatic rings. The van der Waals surface area contributed by atoms with Gasteiger partial charge < -0.3 is 9.72 Å². The minimum atomic E-state index is 0.456. The van der Waals surface area contributed by atoms with Crippen LogP contribution in [0.1, 0.15) is 46.0 Å². The minimum Gasteiger partial charge on any atom is -0.307 e. The second-order valence-corrected chi connectivity index (χ2v) is 6.83. The number of rotatable bonds is 3. The molecule has 118 valence electrons. The number of aryl methyl sites for hydroxylation is 4. The van der Waals surface area contributed by atoms with Gasteiger partial charge in [-0.15, -0.1) is 0 Å². The van der Waals surface area contributed by atoms with Gasteiger partial charge in [0, 0.05) is 25.0 Å². The van der Waals surface area contributed by atoms with Crippen molar-refractivity contribution >= 4 is 5.65 Å². The molecule has 3 aromatic rings. The highest BCUT2D eigenvalue weighted by Gasteiger charge is 2.24. The van der Waals surface area contributed by atoms with E-state index in [1.54, 1.807) is 0 Å². The fourth-order valence-electron chi connectivity index (χ4n) is 3.89. The molecule has 4 rings (SSSR count). The van der Waals surface area contributed by atoms with E-state index in [4.69, 9.17) is 4.98 Å². The lowest BCUT2D eigenvalue weighted by Gasteiger charge is -2.16. The average Bonchev–Trinajstić information content (AvgIpc) is 3.07. The predicted molar refractivity (Wildman–Crippen MR) is 93.7 cm³/mol. The van der Waals surface area contributed by atoms with Gasteiger partial charge in [0.2, 0.25) is 0 Å². The molecule has 0 saturated heterocycles. The van der Waals surface area contributed by atoms with Crippen LogP contribution in [0.25, 0.3) is 5.65 Å². The first kappa shape index (κ1) is 14.5. The molecule has 0 amide bonds. The lowest BCUT2D eigenvalue weighted by molar-refractivity contribution is 0.524. The van der Waals surface area contributed by atoms with Gasteiger partial charge in [-0.05, 0) is 61.9 Å². The summed E-state index contributed by atoms with van der Waals surface area (Å²) in [7, 11) is 0. The van der Waals surface area contributed by atoms with Gasteiger partial charge in [-0.1, -0.05) is 23.8 Å². The van der Waals surface area contributed by atoms with Crippen LogP contribution in [0.4, 0.5) is 0 Å². The zero-order chi connectivity index (χ0) is 16.0. The molecule has 0 saturated carbocycles. The summed E-state index contributed by atoms with van der Waals surface area (Å²) in [5.74, 6) is 0. The normalized spacial score (nSPS) is 16.9. The number of nitrogens with zero attached hydrogens (tertiary/aromatic N) is 2. The van der Waals surface area contributed by atoms with Gasteiger partial charge in [0.15, 0.2) is 0 Å². The molecule has 23 heavy (non-hydrogen) atoms. The third kappa shape index (κ3) is 2.66. The van der Waals surface area contributed by atoms with Gasteiger partial charge >= 0.3 is 0 Å². The van der Waals surface area contributed by atoms with E-state index in [2.05, 4.69) is 67.1 Å². The molecule has 1 aromatic carbocycles. The van der Waals surface area contributed by atoms with Crippen LogP contribution in [0.15, 0.2) is 36.7 Å². The monoisotopic (exact) mass is 305 g/mol. The van der Waals surface area contributed by atoms with Crippen molar-refractivity contribution in [3.05, 3.63) is 70.2 Å². The van der Waals surface area contributed by atoms with Crippen molar-refractivity contribution in [2.45, 2.75) is 46.2 Å². The van der Waals surface area contributed by atoms with Crippen LogP contribution in [0.3, 0.4) is 0 Å². The lowest BCUT2D eigenvalue weighted by atomic mass is 9.99. The van der Waals surface area contributed by atoms with Crippen molar-refractivity contribution < 1.29 is 0 Å².